The van der Waals surface area contributed by atoms with Crippen molar-refractivity contribution in [2.24, 2.45) is 5.92 Å². The van der Waals surface area contributed by atoms with E-state index in [0.29, 0.717) is 21.4 Å². The van der Waals surface area contributed by atoms with Crippen LogP contribution < -0.4 is 40.6 Å². The van der Waals surface area contributed by atoms with E-state index in [4.69, 9.17) is 15.2 Å². The highest BCUT2D eigenvalue weighted by atomic mass is 32.1. The first-order chi connectivity index (χ1) is 34.7. The van der Waals surface area contributed by atoms with Crippen molar-refractivity contribution in [3.8, 4) is 45.5 Å². The first-order valence-corrected chi connectivity index (χ1v) is 23.7. The number of carbonyl (C=O) groups is 3. The molecule has 1 saturated carbocycles. The van der Waals surface area contributed by atoms with E-state index in [0.717, 1.165) is 44.4 Å². The largest absolute Gasteiger partial charge is 0.573 e. The summed E-state index contributed by atoms with van der Waals surface area (Å²) in [6.45, 7) is 3.11. The van der Waals surface area contributed by atoms with Gasteiger partial charge in [-0.2, -0.15) is 0 Å². The molecule has 4 aromatic heterocycles. The quantitative estimate of drug-likeness (QED) is 0.0752. The highest BCUT2D eigenvalue weighted by Gasteiger charge is 2.34. The van der Waals surface area contributed by atoms with Gasteiger partial charge in [0.1, 0.15) is 22.6 Å². The number of nitrogens with zero attached hydrogens (tertiary/aromatic N) is 4. The van der Waals surface area contributed by atoms with E-state index in [-0.39, 0.29) is 45.8 Å². The molecule has 4 aromatic carbocycles. The van der Waals surface area contributed by atoms with Gasteiger partial charge in [-0.15, -0.1) is 26.3 Å². The molecule has 0 aliphatic heterocycles. The predicted molar refractivity (Wildman–Crippen MR) is 263 cm³/mol. The number of methoxy groups -OCH3 is 2. The summed E-state index contributed by atoms with van der Waals surface area (Å²) in [7, 11) is 2.75. The van der Waals surface area contributed by atoms with E-state index in [1.165, 1.54) is 73.3 Å². The van der Waals surface area contributed by atoms with Crippen molar-refractivity contribution in [3.05, 3.63) is 132 Å². The Morgan fingerprint density at radius 3 is 1.53 bits per heavy atom. The zero-order chi connectivity index (χ0) is 52.2. The molecule has 1 fully saturated rings. The number of ether oxygens (including phenoxy) is 4. The fraction of sp³-hybridized carbons (Fsp3) is 0.220. The Morgan fingerprint density at radius 1 is 0.630 bits per heavy atom. The van der Waals surface area contributed by atoms with E-state index in [2.05, 4.69) is 45.4 Å². The molecule has 5 N–H and O–H groups in total. The third kappa shape index (κ3) is 12.7. The molecule has 15 nitrogen and oxygen atoms in total. The minimum absolute atomic E-state index is 0.0221. The number of halogens is 6. The zero-order valence-corrected chi connectivity index (χ0v) is 40.5. The van der Waals surface area contributed by atoms with Gasteiger partial charge >= 0.3 is 12.7 Å². The van der Waals surface area contributed by atoms with Crippen LogP contribution in [0.15, 0.2) is 109 Å². The van der Waals surface area contributed by atoms with Gasteiger partial charge in [0.2, 0.25) is 17.7 Å². The molecule has 2 unspecified atom stereocenters. The summed E-state index contributed by atoms with van der Waals surface area (Å²) in [5.74, 6) is -1.75. The topological polar surface area (TPSA) is 202 Å². The minimum Gasteiger partial charge on any atom is -0.480 e. The Kier molecular flexibility index (Phi) is 15.0. The average Bonchev–Trinajstić information content (AvgIpc) is 4.03. The number of benzene rings is 4. The van der Waals surface area contributed by atoms with Crippen LogP contribution in [-0.4, -0.2) is 64.6 Å². The summed E-state index contributed by atoms with van der Waals surface area (Å²) in [6.07, 6.45) is -4.81. The van der Waals surface area contributed by atoms with Crippen molar-refractivity contribution in [1.29, 1.82) is 0 Å². The van der Waals surface area contributed by atoms with E-state index in [1.54, 1.807) is 50.5 Å². The lowest BCUT2D eigenvalue weighted by atomic mass is 10.0. The number of thiazole rings is 2. The molecule has 0 saturated heterocycles. The van der Waals surface area contributed by atoms with Crippen LogP contribution in [0.2, 0.25) is 0 Å². The van der Waals surface area contributed by atoms with Gasteiger partial charge in [0.25, 0.3) is 11.8 Å². The van der Waals surface area contributed by atoms with Crippen molar-refractivity contribution in [3.63, 3.8) is 0 Å². The lowest BCUT2D eigenvalue weighted by Crippen LogP contribution is -2.28. The van der Waals surface area contributed by atoms with Crippen molar-refractivity contribution in [2.75, 3.05) is 25.3 Å². The van der Waals surface area contributed by atoms with E-state index in [9.17, 15) is 40.7 Å². The van der Waals surface area contributed by atoms with Crippen LogP contribution in [0.5, 0.6) is 23.3 Å². The number of pyridine rings is 2. The summed E-state index contributed by atoms with van der Waals surface area (Å²) in [5.41, 5.74) is 10.6. The van der Waals surface area contributed by atoms with Crippen molar-refractivity contribution in [1.82, 2.24) is 30.6 Å². The van der Waals surface area contributed by atoms with Crippen LogP contribution in [0.3, 0.4) is 0 Å². The molecule has 23 heteroatoms. The first kappa shape index (κ1) is 51.3. The Labute approximate surface area is 419 Å². The molecule has 4 heterocycles. The van der Waals surface area contributed by atoms with Gasteiger partial charge < -0.3 is 40.6 Å². The Bertz CT molecular complexity index is 3350. The van der Waals surface area contributed by atoms with Gasteiger partial charge in [-0.05, 0) is 86.3 Å². The number of alkyl halides is 6. The molecule has 2 atom stereocenters. The maximum absolute atomic E-state index is 13.2. The molecule has 3 amide bonds. The molecule has 9 rings (SSSR count). The minimum atomic E-state index is -4.87. The third-order valence-electron chi connectivity index (χ3n) is 11.1. The summed E-state index contributed by atoms with van der Waals surface area (Å²) in [5, 5.41) is 9.22. The van der Waals surface area contributed by atoms with Crippen molar-refractivity contribution < 1.29 is 59.7 Å². The van der Waals surface area contributed by atoms with Gasteiger partial charge in [-0.3, -0.25) is 14.4 Å². The number of carbonyl (C=O) groups excluding carboxylic acids is 3. The maximum Gasteiger partial charge on any atom is 0.573 e. The molecule has 0 radical (unpaired) electrons. The summed E-state index contributed by atoms with van der Waals surface area (Å²) in [4.78, 5) is 55.6. The molecule has 1 aliphatic rings. The third-order valence-corrected chi connectivity index (χ3v) is 12.9. The van der Waals surface area contributed by atoms with Crippen molar-refractivity contribution >= 4 is 71.1 Å². The number of hydrogen-bond donors (Lipinski definition) is 4. The number of aromatic nitrogens is 4. The van der Waals surface area contributed by atoms with Crippen LogP contribution in [0.1, 0.15) is 70.6 Å². The van der Waals surface area contributed by atoms with Crippen LogP contribution in [0.4, 0.5) is 36.6 Å². The molecule has 8 aromatic rings. The molecule has 378 valence electrons. The zero-order valence-electron chi connectivity index (χ0n) is 38.8. The molecule has 1 aliphatic carbocycles. The van der Waals surface area contributed by atoms with Crippen LogP contribution in [0, 0.1) is 5.92 Å². The SMILES string of the molecule is COc1ncc(-c2ccc3nc(N)sc3c2)cc1C(=O)NC(C)c1ccccc1OC(F)(F)F.COc1ncc(-c2ccc3nc(NC(=O)C4CC4)sc3c2)cc1C(=O)NC(C)c1ccccc1OC(F)(F)F. The summed E-state index contributed by atoms with van der Waals surface area (Å²) < 4.78 is 97.3. The summed E-state index contributed by atoms with van der Waals surface area (Å²) >= 11 is 2.69. The van der Waals surface area contributed by atoms with Gasteiger partial charge in [-0.1, -0.05) is 71.2 Å². The Morgan fingerprint density at radius 2 is 1.08 bits per heavy atom. The highest BCUT2D eigenvalue weighted by molar-refractivity contribution is 7.22. The predicted octanol–water partition coefficient (Wildman–Crippen LogP) is 11.4. The van der Waals surface area contributed by atoms with Gasteiger partial charge in [0.15, 0.2) is 10.3 Å². The number of amides is 3. The maximum atomic E-state index is 13.2. The number of nitrogens with two attached hydrogens (primary N) is 1. The highest BCUT2D eigenvalue weighted by Crippen LogP contribution is 2.37. The van der Waals surface area contributed by atoms with Crippen LogP contribution in [-0.2, 0) is 4.79 Å². The molecule has 73 heavy (non-hydrogen) atoms. The number of para-hydroxylation sites is 2. The smallest absolute Gasteiger partial charge is 0.480 e. The number of nitrogens with one attached hydrogen (secondary N) is 3. The summed E-state index contributed by atoms with van der Waals surface area (Å²) in [6, 6.07) is 23.9. The molecular weight excluding hydrogens is 1000 g/mol. The van der Waals surface area contributed by atoms with E-state index >= 15 is 0 Å². The molecule has 0 bridgehead atoms. The Balaban J connectivity index is 0.000000197. The van der Waals surface area contributed by atoms with Gasteiger partial charge in [0.05, 0.1) is 46.7 Å². The first-order valence-electron chi connectivity index (χ1n) is 22.0. The van der Waals surface area contributed by atoms with Gasteiger partial charge in [-0.25, -0.2) is 19.9 Å². The van der Waals surface area contributed by atoms with E-state index in [1.807, 2.05) is 36.4 Å². The van der Waals surface area contributed by atoms with Crippen LogP contribution >= 0.6 is 22.7 Å². The second-order valence-corrected chi connectivity index (χ2v) is 18.4. The standard InChI is InChI=1S/C27H23F3N4O4S.C23H19F3N4O3S/c1-14(18-5-3-4-6-21(18)38-27(28,29)30)32-24(36)19-11-17(13-31-25(19)37-2)16-9-10-20-22(12-16)39-26(33-20)34-23(35)15-7-8-15;1-12(15-5-3-4-6-18(15)33-23(24,25)26)29-20(31)16-9-14(11-28-21(16)32-2)13-7-8-17-19(10-13)34-22(27)30-17/h3-6,9-15H,7-8H2,1-2H3,(H,32,36)(H,33,34,35);3-12H,1-2H3,(H2,27,30)(H,29,31). The van der Waals surface area contributed by atoms with Crippen LogP contribution in [0.25, 0.3) is 42.7 Å². The molecule has 0 spiro atoms. The second kappa shape index (κ2) is 21.3. The molecular formula is C50H42F6N8O7S2. The normalized spacial score (nSPS) is 13.3. The van der Waals surface area contributed by atoms with E-state index < -0.39 is 48.1 Å². The lowest BCUT2D eigenvalue weighted by Gasteiger charge is -2.19. The number of fused-ring (bicyclic) bond motifs is 2. The van der Waals surface area contributed by atoms with Crippen molar-refractivity contribution in [2.45, 2.75) is 51.5 Å². The number of anilines is 2. The fourth-order valence-electron chi connectivity index (χ4n) is 7.52. The monoisotopic (exact) mass is 1040 g/mol. The Hall–Kier alpha value is -8.05. The second-order valence-electron chi connectivity index (χ2n) is 16.3. The average molecular weight is 1050 g/mol. The number of nitrogen functional groups attached to an aromatic ring is 1. The fourth-order valence-corrected chi connectivity index (χ4v) is 9.20. The lowest BCUT2D eigenvalue weighted by molar-refractivity contribution is -0.276. The number of hydrogen-bond acceptors (Lipinski definition) is 14. The number of rotatable bonds is 14. The van der Waals surface area contributed by atoms with Gasteiger partial charge in [0, 0.05) is 40.6 Å².